The Labute approximate surface area is 170 Å². The van der Waals surface area contributed by atoms with Crippen LogP contribution in [0.5, 0.6) is 11.5 Å². The molecule has 0 bridgehead atoms. The molecule has 0 spiro atoms. The molecule has 5 rings (SSSR count). The maximum absolute atomic E-state index is 12.8. The fraction of sp³-hybridized carbons (Fsp3) is 0.190. The van der Waals surface area contributed by atoms with Crippen LogP contribution in [0.3, 0.4) is 0 Å². The first kappa shape index (κ1) is 17.7. The van der Waals surface area contributed by atoms with Crippen LogP contribution in [0.25, 0.3) is 11.0 Å². The number of para-hydroxylation sites is 2. The van der Waals surface area contributed by atoms with Crippen LogP contribution in [0.15, 0.2) is 53.3 Å². The zero-order valence-electron chi connectivity index (χ0n) is 15.9. The van der Waals surface area contributed by atoms with E-state index in [9.17, 15) is 4.79 Å². The normalized spacial score (nSPS) is 16.3. The van der Waals surface area contributed by atoms with Crippen molar-refractivity contribution in [2.24, 2.45) is 0 Å². The van der Waals surface area contributed by atoms with Crippen LogP contribution in [0.1, 0.15) is 17.5 Å². The third-order valence-corrected chi connectivity index (χ3v) is 5.66. The average Bonchev–Trinajstić information content (AvgIpc) is 3.28. The lowest BCUT2D eigenvalue weighted by Crippen LogP contribution is -2.26. The summed E-state index contributed by atoms with van der Waals surface area (Å²) >= 11 is 1.31. The van der Waals surface area contributed by atoms with E-state index in [4.69, 9.17) is 9.47 Å². The minimum atomic E-state index is -0.442. The molecule has 2 aromatic heterocycles. The van der Waals surface area contributed by atoms with Gasteiger partial charge in [-0.15, -0.1) is 5.10 Å². The molecule has 0 fully saturated rings. The maximum Gasteiger partial charge on any atom is 0.291 e. The summed E-state index contributed by atoms with van der Waals surface area (Å²) in [5, 5.41) is 4.38. The van der Waals surface area contributed by atoms with E-state index in [2.05, 4.69) is 10.1 Å². The van der Waals surface area contributed by atoms with Gasteiger partial charge in [-0.05, 0) is 35.9 Å². The number of anilines is 1. The summed E-state index contributed by atoms with van der Waals surface area (Å²) in [6.07, 6.45) is 1.42. The van der Waals surface area contributed by atoms with E-state index >= 15 is 0 Å². The Morgan fingerprint density at radius 3 is 2.62 bits per heavy atom. The van der Waals surface area contributed by atoms with Gasteiger partial charge in [-0.2, -0.15) is 9.50 Å². The molecule has 4 aromatic rings. The molecular weight excluding hydrogens is 388 g/mol. The summed E-state index contributed by atoms with van der Waals surface area (Å²) in [4.78, 5) is 19.8. The highest BCUT2D eigenvalue weighted by molar-refractivity contribution is 7.15. The van der Waals surface area contributed by atoms with Gasteiger partial charge in [-0.25, -0.2) is 0 Å². The van der Waals surface area contributed by atoms with E-state index in [1.54, 1.807) is 0 Å². The molecule has 1 unspecified atom stereocenters. The SMILES string of the molecule is CN(C)c1ccc(C=c2sc3nc(C4COc5ccccc5O4)nn3c2=O)cc1. The summed E-state index contributed by atoms with van der Waals surface area (Å²) < 4.78 is 13.6. The Bertz CT molecular complexity index is 1290. The molecule has 8 heteroatoms. The molecule has 0 saturated heterocycles. The fourth-order valence-corrected chi connectivity index (χ4v) is 4.07. The van der Waals surface area contributed by atoms with Crippen molar-refractivity contribution in [2.75, 3.05) is 25.6 Å². The van der Waals surface area contributed by atoms with E-state index in [1.165, 1.54) is 15.9 Å². The lowest BCUT2D eigenvalue weighted by molar-refractivity contribution is 0.0852. The zero-order chi connectivity index (χ0) is 20.0. The maximum atomic E-state index is 12.8. The van der Waals surface area contributed by atoms with Crippen LogP contribution in [-0.2, 0) is 0 Å². The van der Waals surface area contributed by atoms with Gasteiger partial charge in [0.15, 0.2) is 23.4 Å². The van der Waals surface area contributed by atoms with Crippen molar-refractivity contribution in [3.63, 3.8) is 0 Å². The van der Waals surface area contributed by atoms with Crippen molar-refractivity contribution in [2.45, 2.75) is 6.10 Å². The van der Waals surface area contributed by atoms with Gasteiger partial charge in [0.05, 0.1) is 4.53 Å². The van der Waals surface area contributed by atoms with Crippen molar-refractivity contribution in [1.82, 2.24) is 14.6 Å². The highest BCUT2D eigenvalue weighted by atomic mass is 32.1. The Balaban J connectivity index is 1.45. The fourth-order valence-electron chi connectivity index (χ4n) is 3.15. The molecule has 3 heterocycles. The number of ether oxygens (including phenoxy) is 2. The lowest BCUT2D eigenvalue weighted by atomic mass is 10.2. The van der Waals surface area contributed by atoms with Gasteiger partial charge in [0.2, 0.25) is 4.96 Å². The molecule has 7 nitrogen and oxygen atoms in total. The van der Waals surface area contributed by atoms with E-state index in [0.717, 1.165) is 11.3 Å². The standard InChI is InChI=1S/C21H18N4O3S/c1-24(2)14-9-7-13(8-10-14)11-18-20(26)25-21(29-18)22-19(23-25)17-12-27-15-5-3-4-6-16(15)28-17/h3-11,17H,12H2,1-2H3. The molecule has 0 aliphatic carbocycles. The topological polar surface area (TPSA) is 69.0 Å². The van der Waals surface area contributed by atoms with Crippen molar-refractivity contribution in [3.8, 4) is 11.5 Å². The number of fused-ring (bicyclic) bond motifs is 2. The summed E-state index contributed by atoms with van der Waals surface area (Å²) in [6.45, 7) is 0.306. The van der Waals surface area contributed by atoms with Crippen LogP contribution in [0.4, 0.5) is 5.69 Å². The van der Waals surface area contributed by atoms with E-state index in [-0.39, 0.29) is 5.56 Å². The summed E-state index contributed by atoms with van der Waals surface area (Å²) in [5.41, 5.74) is 1.88. The number of hydrogen-bond acceptors (Lipinski definition) is 7. The number of hydrogen-bond donors (Lipinski definition) is 0. The molecule has 29 heavy (non-hydrogen) atoms. The zero-order valence-corrected chi connectivity index (χ0v) is 16.7. The number of benzene rings is 2. The van der Waals surface area contributed by atoms with Crippen LogP contribution in [0, 0.1) is 0 Å². The minimum absolute atomic E-state index is 0.183. The molecule has 0 saturated carbocycles. The van der Waals surface area contributed by atoms with Crippen molar-refractivity contribution in [3.05, 3.63) is 74.8 Å². The van der Waals surface area contributed by atoms with Crippen LogP contribution >= 0.6 is 11.3 Å². The highest BCUT2D eigenvalue weighted by Crippen LogP contribution is 2.35. The van der Waals surface area contributed by atoms with Gasteiger partial charge in [0, 0.05) is 19.8 Å². The summed E-state index contributed by atoms with van der Waals surface area (Å²) in [6, 6.07) is 15.5. The van der Waals surface area contributed by atoms with E-state index in [1.807, 2.05) is 73.6 Å². The Morgan fingerprint density at radius 1 is 1.14 bits per heavy atom. The first-order valence-corrected chi connectivity index (χ1v) is 9.97. The summed E-state index contributed by atoms with van der Waals surface area (Å²) in [7, 11) is 3.98. The van der Waals surface area contributed by atoms with Crippen LogP contribution < -0.4 is 24.5 Å². The first-order valence-electron chi connectivity index (χ1n) is 9.15. The molecule has 146 valence electrons. The number of nitrogens with zero attached hydrogens (tertiary/aromatic N) is 4. The Morgan fingerprint density at radius 2 is 1.90 bits per heavy atom. The van der Waals surface area contributed by atoms with Gasteiger partial charge in [0.1, 0.15) is 6.61 Å². The lowest BCUT2D eigenvalue weighted by Gasteiger charge is -2.24. The Hall–Kier alpha value is -3.39. The summed E-state index contributed by atoms with van der Waals surface area (Å²) in [5.74, 6) is 1.80. The second-order valence-electron chi connectivity index (χ2n) is 6.93. The van der Waals surface area contributed by atoms with Gasteiger partial charge < -0.3 is 14.4 Å². The Kier molecular flexibility index (Phi) is 4.21. The average molecular weight is 406 g/mol. The second kappa shape index (κ2) is 6.89. The third-order valence-electron chi connectivity index (χ3n) is 4.70. The van der Waals surface area contributed by atoms with Gasteiger partial charge in [-0.1, -0.05) is 35.6 Å². The largest absolute Gasteiger partial charge is 0.485 e. The van der Waals surface area contributed by atoms with Crippen molar-refractivity contribution < 1.29 is 9.47 Å². The molecule has 0 N–H and O–H groups in total. The quantitative estimate of drug-likeness (QED) is 0.520. The van der Waals surface area contributed by atoms with Crippen molar-refractivity contribution >= 4 is 28.1 Å². The van der Waals surface area contributed by atoms with Gasteiger partial charge >= 0.3 is 0 Å². The van der Waals surface area contributed by atoms with Crippen LogP contribution in [0.2, 0.25) is 0 Å². The third kappa shape index (κ3) is 3.21. The van der Waals surface area contributed by atoms with Crippen LogP contribution in [-0.4, -0.2) is 35.3 Å². The van der Waals surface area contributed by atoms with Crippen molar-refractivity contribution in [1.29, 1.82) is 0 Å². The molecule has 1 aliphatic heterocycles. The predicted molar refractivity (Wildman–Crippen MR) is 112 cm³/mol. The van der Waals surface area contributed by atoms with E-state index in [0.29, 0.717) is 33.4 Å². The minimum Gasteiger partial charge on any atom is -0.485 e. The highest BCUT2D eigenvalue weighted by Gasteiger charge is 2.27. The molecule has 0 amide bonds. The molecule has 1 aliphatic rings. The van der Waals surface area contributed by atoms with Gasteiger partial charge in [0.25, 0.3) is 5.56 Å². The molecular formula is C21H18N4O3S. The number of aromatic nitrogens is 3. The van der Waals surface area contributed by atoms with E-state index < -0.39 is 6.10 Å². The van der Waals surface area contributed by atoms with Gasteiger partial charge in [-0.3, -0.25) is 4.79 Å². The number of thiazole rings is 1. The second-order valence-corrected chi connectivity index (χ2v) is 7.94. The molecule has 0 radical (unpaired) electrons. The monoisotopic (exact) mass is 406 g/mol. The molecule has 2 aromatic carbocycles. The predicted octanol–water partition coefficient (Wildman–Crippen LogP) is 2.28. The number of rotatable bonds is 3. The molecule has 1 atom stereocenters. The first-order chi connectivity index (χ1) is 14.1. The smallest absolute Gasteiger partial charge is 0.291 e.